The molecule has 7 heteroatoms. The number of ether oxygens (including phenoxy) is 1. The number of methoxy groups -OCH3 is 1. The van der Waals surface area contributed by atoms with Gasteiger partial charge in [0.05, 0.1) is 12.1 Å². The van der Waals surface area contributed by atoms with Crippen LogP contribution in [0.15, 0.2) is 18.7 Å². The summed E-state index contributed by atoms with van der Waals surface area (Å²) in [5.41, 5.74) is 1.17. The van der Waals surface area contributed by atoms with Crippen molar-refractivity contribution >= 4 is 34.2 Å². The zero-order valence-electron chi connectivity index (χ0n) is 22.7. The molecule has 33 heavy (non-hydrogen) atoms. The summed E-state index contributed by atoms with van der Waals surface area (Å²) in [5, 5.41) is 0.452. The Balaban J connectivity index is 3.77. The van der Waals surface area contributed by atoms with Crippen molar-refractivity contribution in [3.8, 4) is 11.5 Å². The lowest BCUT2D eigenvalue weighted by atomic mass is 9.99. The molecule has 1 aromatic carbocycles. The van der Waals surface area contributed by atoms with Crippen LogP contribution in [0.4, 0.5) is 0 Å². The molecule has 1 aromatic rings. The standard InChI is InChI=1S/C26H45ClO4Si2/c1-13-14-15-16-17-19-22(24(28)29-8)20(30-32(9,10)25(2,3)4)18-21(23(19)27)31-33(11,12)26(5,6)7/h13,18H,1,14-17H2,2-12H3. The highest BCUT2D eigenvalue weighted by Crippen LogP contribution is 2.46. The molecule has 0 unspecified atom stereocenters. The fourth-order valence-corrected chi connectivity index (χ4v) is 5.20. The minimum Gasteiger partial charge on any atom is -0.543 e. The predicted molar refractivity (Wildman–Crippen MR) is 146 cm³/mol. The van der Waals surface area contributed by atoms with Gasteiger partial charge in [-0.15, -0.1) is 6.58 Å². The van der Waals surface area contributed by atoms with Crippen LogP contribution >= 0.6 is 11.6 Å². The molecule has 0 radical (unpaired) electrons. The Hall–Kier alpha value is -1.25. The predicted octanol–water partition coefficient (Wildman–Crippen LogP) is 8.79. The monoisotopic (exact) mass is 512 g/mol. The van der Waals surface area contributed by atoms with Crippen LogP contribution in [-0.4, -0.2) is 29.7 Å². The molecule has 188 valence electrons. The molecule has 0 aliphatic rings. The largest absolute Gasteiger partial charge is 0.543 e. The van der Waals surface area contributed by atoms with Crippen LogP contribution in [-0.2, 0) is 11.2 Å². The van der Waals surface area contributed by atoms with Gasteiger partial charge >= 0.3 is 5.97 Å². The van der Waals surface area contributed by atoms with Crippen LogP contribution in [0.5, 0.6) is 11.5 Å². The summed E-state index contributed by atoms with van der Waals surface area (Å²) < 4.78 is 18.5. The number of carbonyl (C=O) groups excluding carboxylic acids is 1. The van der Waals surface area contributed by atoms with Crippen molar-refractivity contribution in [2.24, 2.45) is 0 Å². The highest BCUT2D eigenvalue weighted by molar-refractivity contribution is 6.75. The van der Waals surface area contributed by atoms with Gasteiger partial charge in [0.2, 0.25) is 0 Å². The first-order valence-electron chi connectivity index (χ1n) is 11.8. The summed E-state index contributed by atoms with van der Waals surface area (Å²) >= 11 is 6.94. The van der Waals surface area contributed by atoms with Crippen molar-refractivity contribution in [2.75, 3.05) is 7.11 Å². The van der Waals surface area contributed by atoms with Crippen molar-refractivity contribution in [1.82, 2.24) is 0 Å². The maximum atomic E-state index is 13.0. The average molecular weight is 513 g/mol. The van der Waals surface area contributed by atoms with E-state index in [1.807, 2.05) is 12.1 Å². The molecule has 0 atom stereocenters. The summed E-state index contributed by atoms with van der Waals surface area (Å²) in [6.07, 6.45) is 5.30. The lowest BCUT2D eigenvalue weighted by Gasteiger charge is -2.39. The van der Waals surface area contributed by atoms with Crippen LogP contribution in [0.2, 0.25) is 41.3 Å². The second-order valence-electron chi connectivity index (χ2n) is 11.8. The molecule has 0 aliphatic carbocycles. The number of benzene rings is 1. The first-order chi connectivity index (χ1) is 14.9. The third-order valence-electron chi connectivity index (χ3n) is 7.11. The highest BCUT2D eigenvalue weighted by Gasteiger charge is 2.42. The van der Waals surface area contributed by atoms with Gasteiger partial charge in [-0.2, -0.15) is 0 Å². The second-order valence-corrected chi connectivity index (χ2v) is 21.6. The number of halogens is 1. The molecular weight excluding hydrogens is 468 g/mol. The number of esters is 1. The maximum absolute atomic E-state index is 13.0. The minimum atomic E-state index is -2.25. The fourth-order valence-electron chi connectivity index (χ4n) is 2.82. The Morgan fingerprint density at radius 2 is 1.45 bits per heavy atom. The molecule has 0 saturated carbocycles. The van der Waals surface area contributed by atoms with Crippen molar-refractivity contribution in [3.05, 3.63) is 34.9 Å². The van der Waals surface area contributed by atoms with Gasteiger partial charge in [-0.3, -0.25) is 0 Å². The molecule has 0 fully saturated rings. The van der Waals surface area contributed by atoms with E-state index in [0.29, 0.717) is 28.5 Å². The molecule has 0 amide bonds. The van der Waals surface area contributed by atoms with Gasteiger partial charge in [0, 0.05) is 6.07 Å². The van der Waals surface area contributed by atoms with Crippen LogP contribution < -0.4 is 8.85 Å². The number of allylic oxidation sites excluding steroid dienone is 1. The molecule has 1 rings (SSSR count). The SMILES string of the molecule is C=CCCCCc1c(Cl)c(O[Si](C)(C)C(C)(C)C)cc(O[Si](C)(C)C(C)(C)C)c1C(=O)OC. The zero-order chi connectivity index (χ0) is 25.8. The minimum absolute atomic E-state index is 0.00191. The number of hydrogen-bond donors (Lipinski definition) is 0. The first kappa shape index (κ1) is 29.8. The summed E-state index contributed by atoms with van der Waals surface area (Å²) in [4.78, 5) is 13.0. The van der Waals surface area contributed by atoms with E-state index in [-0.39, 0.29) is 10.1 Å². The fraction of sp³-hybridized carbons (Fsp3) is 0.654. The molecule has 0 spiro atoms. The third kappa shape index (κ3) is 7.37. The van der Waals surface area contributed by atoms with Crippen molar-refractivity contribution in [3.63, 3.8) is 0 Å². The summed E-state index contributed by atoms with van der Waals surface area (Å²) in [5.74, 6) is 0.691. The average Bonchev–Trinajstić information content (AvgIpc) is 2.65. The van der Waals surface area contributed by atoms with Crippen molar-refractivity contribution in [2.45, 2.75) is 103 Å². The quantitative estimate of drug-likeness (QED) is 0.136. The lowest BCUT2D eigenvalue weighted by molar-refractivity contribution is 0.0597. The molecule has 0 aromatic heterocycles. The van der Waals surface area contributed by atoms with E-state index in [4.69, 9.17) is 25.2 Å². The topological polar surface area (TPSA) is 44.8 Å². The third-order valence-corrected chi connectivity index (χ3v) is 16.2. The Kier molecular flexibility index (Phi) is 9.93. The molecule has 4 nitrogen and oxygen atoms in total. The van der Waals surface area contributed by atoms with Crippen molar-refractivity contribution < 1.29 is 18.4 Å². The van der Waals surface area contributed by atoms with Gasteiger partial charge in [-0.1, -0.05) is 59.2 Å². The highest BCUT2D eigenvalue weighted by atomic mass is 35.5. The van der Waals surface area contributed by atoms with Crippen LogP contribution in [0.25, 0.3) is 0 Å². The van der Waals surface area contributed by atoms with Gasteiger partial charge < -0.3 is 13.6 Å². The molecule has 0 heterocycles. The van der Waals surface area contributed by atoms with E-state index in [9.17, 15) is 4.79 Å². The van der Waals surface area contributed by atoms with Gasteiger partial charge in [-0.25, -0.2) is 4.79 Å². The van der Waals surface area contributed by atoms with Gasteiger partial charge in [0.25, 0.3) is 16.6 Å². The summed E-state index contributed by atoms with van der Waals surface area (Å²) in [7, 11) is -3.02. The van der Waals surface area contributed by atoms with E-state index in [1.165, 1.54) is 7.11 Å². The molecule has 0 N–H and O–H groups in total. The van der Waals surface area contributed by atoms with Gasteiger partial charge in [0.1, 0.15) is 17.1 Å². The van der Waals surface area contributed by atoms with Crippen LogP contribution in [0.3, 0.4) is 0 Å². The zero-order valence-corrected chi connectivity index (χ0v) is 25.5. The number of hydrogen-bond acceptors (Lipinski definition) is 4. The Morgan fingerprint density at radius 3 is 1.88 bits per heavy atom. The normalized spacial score (nSPS) is 13.0. The second kappa shape index (κ2) is 11.0. The van der Waals surface area contributed by atoms with Crippen LogP contribution in [0.1, 0.15) is 76.7 Å². The maximum Gasteiger partial charge on any atom is 0.341 e. The smallest absolute Gasteiger partial charge is 0.341 e. The number of rotatable bonds is 10. The van der Waals surface area contributed by atoms with Crippen LogP contribution in [0, 0.1) is 0 Å². The number of carbonyl (C=O) groups is 1. The van der Waals surface area contributed by atoms with E-state index in [1.54, 1.807) is 0 Å². The molecular formula is C26H45ClO4Si2. The lowest BCUT2D eigenvalue weighted by Crippen LogP contribution is -2.45. The summed E-state index contributed by atoms with van der Waals surface area (Å²) in [6, 6.07) is 1.82. The van der Waals surface area contributed by atoms with E-state index < -0.39 is 22.6 Å². The van der Waals surface area contributed by atoms with E-state index >= 15 is 0 Å². The van der Waals surface area contributed by atoms with E-state index in [0.717, 1.165) is 24.8 Å². The van der Waals surface area contributed by atoms with Crippen molar-refractivity contribution in [1.29, 1.82) is 0 Å². The van der Waals surface area contributed by atoms with E-state index in [2.05, 4.69) is 74.3 Å². The number of unbranched alkanes of at least 4 members (excludes halogenated alkanes) is 2. The van der Waals surface area contributed by atoms with Gasteiger partial charge in [-0.05, 0) is 67.5 Å². The molecule has 0 aliphatic heterocycles. The Labute approximate surface area is 209 Å². The molecule has 0 bridgehead atoms. The summed E-state index contributed by atoms with van der Waals surface area (Å²) in [6.45, 7) is 25.6. The Bertz CT molecular complexity index is 849. The Morgan fingerprint density at radius 1 is 0.970 bits per heavy atom. The molecule has 0 saturated heterocycles. The van der Waals surface area contributed by atoms with Gasteiger partial charge in [0.15, 0.2) is 0 Å². The first-order valence-corrected chi connectivity index (χ1v) is 18.0.